The predicted octanol–water partition coefficient (Wildman–Crippen LogP) is 2.02. The Labute approximate surface area is 109 Å². The van der Waals surface area contributed by atoms with Crippen molar-refractivity contribution in [2.45, 2.75) is 17.3 Å². The molecule has 0 saturated carbocycles. The fourth-order valence-corrected chi connectivity index (χ4v) is 2.26. The second-order valence-electron chi connectivity index (χ2n) is 4.11. The normalized spacial score (nSPS) is 14.2. The van der Waals surface area contributed by atoms with Crippen LogP contribution in [0.5, 0.6) is 0 Å². The third kappa shape index (κ3) is 3.60. The number of alkyl halides is 3. The van der Waals surface area contributed by atoms with Crippen LogP contribution in [0.2, 0.25) is 0 Å². The molecule has 0 fully saturated rings. The maximum absolute atomic E-state index is 12.5. The third-order valence-corrected chi connectivity index (χ3v) is 3.98. The molecule has 0 heterocycles. The molecule has 4 nitrogen and oxygen atoms in total. The highest BCUT2D eigenvalue weighted by Crippen LogP contribution is 2.34. The molecular formula is C11H14F3NO3S. The number of para-hydroxylation sites is 1. The predicted molar refractivity (Wildman–Crippen MR) is 64.4 cm³/mol. The van der Waals surface area contributed by atoms with Crippen molar-refractivity contribution in [3.05, 3.63) is 24.3 Å². The van der Waals surface area contributed by atoms with Gasteiger partial charge in [0.25, 0.3) is 9.84 Å². The standard InChI is InChI=1S/C11H14F3NO3S/c1-8(7-16)6-15-9-4-2-3-5-10(9)19(17,18)11(12,13)14/h2-5,8,15-16H,6-7H2,1H3. The van der Waals surface area contributed by atoms with Gasteiger partial charge in [-0.15, -0.1) is 0 Å². The summed E-state index contributed by atoms with van der Waals surface area (Å²) in [6.45, 7) is 1.69. The molecule has 1 rings (SSSR count). The SMILES string of the molecule is CC(CO)CNc1ccccc1S(=O)(=O)C(F)(F)F. The average molecular weight is 297 g/mol. The molecule has 8 heteroatoms. The topological polar surface area (TPSA) is 66.4 Å². The second-order valence-corrected chi connectivity index (χ2v) is 6.02. The van der Waals surface area contributed by atoms with Crippen molar-refractivity contribution < 1.29 is 26.7 Å². The van der Waals surface area contributed by atoms with Crippen molar-refractivity contribution in [1.82, 2.24) is 0 Å². The first kappa shape index (κ1) is 15.8. The molecule has 0 aromatic heterocycles. The largest absolute Gasteiger partial charge is 0.501 e. The molecule has 2 N–H and O–H groups in total. The van der Waals surface area contributed by atoms with E-state index in [0.29, 0.717) is 0 Å². The summed E-state index contributed by atoms with van der Waals surface area (Å²) in [4.78, 5) is -0.812. The summed E-state index contributed by atoms with van der Waals surface area (Å²) in [5.74, 6) is -0.207. The van der Waals surface area contributed by atoms with Crippen LogP contribution in [0.15, 0.2) is 29.2 Å². The average Bonchev–Trinajstić information content (AvgIpc) is 2.34. The van der Waals surface area contributed by atoms with E-state index in [1.807, 2.05) is 0 Å². The third-order valence-electron chi connectivity index (χ3n) is 2.43. The van der Waals surface area contributed by atoms with Crippen LogP contribution < -0.4 is 5.32 Å². The summed E-state index contributed by atoms with van der Waals surface area (Å²) in [5.41, 5.74) is -5.46. The second kappa shape index (κ2) is 5.79. The van der Waals surface area contributed by atoms with Gasteiger partial charge in [-0.1, -0.05) is 19.1 Å². The van der Waals surface area contributed by atoms with Gasteiger partial charge in [-0.2, -0.15) is 13.2 Å². The first-order chi connectivity index (χ1) is 8.70. The maximum atomic E-state index is 12.5. The first-order valence-corrected chi connectivity index (χ1v) is 6.93. The molecule has 0 radical (unpaired) electrons. The van der Waals surface area contributed by atoms with Crippen molar-refractivity contribution in [1.29, 1.82) is 0 Å². The quantitative estimate of drug-likeness (QED) is 0.872. The Kier molecular flexibility index (Phi) is 4.81. The number of anilines is 1. The van der Waals surface area contributed by atoms with Gasteiger partial charge in [0, 0.05) is 13.2 Å². The highest BCUT2D eigenvalue weighted by atomic mass is 32.2. The van der Waals surface area contributed by atoms with E-state index in [-0.39, 0.29) is 24.8 Å². The molecule has 0 spiro atoms. The zero-order valence-corrected chi connectivity index (χ0v) is 10.9. The molecule has 19 heavy (non-hydrogen) atoms. The van der Waals surface area contributed by atoms with E-state index in [0.717, 1.165) is 6.07 Å². The first-order valence-electron chi connectivity index (χ1n) is 5.45. The lowest BCUT2D eigenvalue weighted by Gasteiger charge is -2.15. The summed E-state index contributed by atoms with van der Waals surface area (Å²) >= 11 is 0. The van der Waals surface area contributed by atoms with Crippen molar-refractivity contribution >= 4 is 15.5 Å². The highest BCUT2D eigenvalue weighted by Gasteiger charge is 2.47. The van der Waals surface area contributed by atoms with E-state index in [4.69, 9.17) is 5.11 Å². The number of hydrogen-bond donors (Lipinski definition) is 2. The van der Waals surface area contributed by atoms with Crippen LogP contribution in [0.1, 0.15) is 6.92 Å². The number of aliphatic hydroxyl groups excluding tert-OH is 1. The van der Waals surface area contributed by atoms with Crippen LogP contribution in [0.3, 0.4) is 0 Å². The van der Waals surface area contributed by atoms with E-state index in [9.17, 15) is 21.6 Å². The summed E-state index contributed by atoms with van der Waals surface area (Å²) in [6, 6.07) is 4.80. The Hall–Kier alpha value is -1.28. The monoisotopic (exact) mass is 297 g/mol. The molecule has 0 aliphatic rings. The van der Waals surface area contributed by atoms with Gasteiger partial charge in [0.15, 0.2) is 0 Å². The number of hydrogen-bond acceptors (Lipinski definition) is 4. The summed E-state index contributed by atoms with van der Waals surface area (Å²) in [6.07, 6.45) is 0. The summed E-state index contributed by atoms with van der Waals surface area (Å²) in [5, 5.41) is 11.4. The molecule has 108 valence electrons. The lowest BCUT2D eigenvalue weighted by molar-refractivity contribution is -0.0435. The number of benzene rings is 1. The molecule has 1 aromatic rings. The van der Waals surface area contributed by atoms with Gasteiger partial charge >= 0.3 is 5.51 Å². The Morgan fingerprint density at radius 2 is 1.89 bits per heavy atom. The Morgan fingerprint density at radius 1 is 1.32 bits per heavy atom. The van der Waals surface area contributed by atoms with E-state index in [1.165, 1.54) is 18.2 Å². The van der Waals surface area contributed by atoms with Crippen molar-refractivity contribution in [3.63, 3.8) is 0 Å². The van der Waals surface area contributed by atoms with Gasteiger partial charge in [0.05, 0.1) is 10.6 Å². The fraction of sp³-hybridized carbons (Fsp3) is 0.455. The Bertz CT molecular complexity index is 528. The van der Waals surface area contributed by atoms with E-state index >= 15 is 0 Å². The minimum Gasteiger partial charge on any atom is -0.396 e. The highest BCUT2D eigenvalue weighted by molar-refractivity contribution is 7.92. The van der Waals surface area contributed by atoms with E-state index in [2.05, 4.69) is 5.32 Å². The summed E-state index contributed by atoms with van der Waals surface area (Å²) < 4.78 is 60.3. The van der Waals surface area contributed by atoms with Crippen LogP contribution in [-0.4, -0.2) is 32.2 Å². The number of sulfone groups is 1. The maximum Gasteiger partial charge on any atom is 0.501 e. The summed E-state index contributed by atoms with van der Waals surface area (Å²) in [7, 11) is -5.39. The molecule has 1 atom stereocenters. The lowest BCUT2D eigenvalue weighted by Crippen LogP contribution is -2.25. The number of rotatable bonds is 5. The van der Waals surface area contributed by atoms with Crippen molar-refractivity contribution in [2.75, 3.05) is 18.5 Å². The van der Waals surface area contributed by atoms with Gasteiger partial charge in [-0.25, -0.2) is 8.42 Å². The van der Waals surface area contributed by atoms with Crippen LogP contribution in [0.4, 0.5) is 18.9 Å². The number of nitrogens with one attached hydrogen (secondary N) is 1. The molecule has 0 amide bonds. The molecule has 0 aliphatic heterocycles. The van der Waals surface area contributed by atoms with E-state index < -0.39 is 20.2 Å². The van der Waals surface area contributed by atoms with Crippen molar-refractivity contribution in [2.24, 2.45) is 5.92 Å². The van der Waals surface area contributed by atoms with Crippen LogP contribution in [-0.2, 0) is 9.84 Å². The van der Waals surface area contributed by atoms with Gasteiger partial charge in [-0.05, 0) is 18.1 Å². The fourth-order valence-electron chi connectivity index (χ4n) is 1.32. The smallest absolute Gasteiger partial charge is 0.396 e. The van der Waals surface area contributed by atoms with Crippen molar-refractivity contribution in [3.8, 4) is 0 Å². The van der Waals surface area contributed by atoms with Gasteiger partial charge in [-0.3, -0.25) is 0 Å². The lowest BCUT2D eigenvalue weighted by atomic mass is 10.2. The zero-order valence-electron chi connectivity index (χ0n) is 10.1. The zero-order chi connectivity index (χ0) is 14.7. The van der Waals surface area contributed by atoms with Crippen LogP contribution in [0, 0.1) is 5.92 Å². The number of aliphatic hydroxyl groups is 1. The van der Waals surface area contributed by atoms with Gasteiger partial charge in [0.1, 0.15) is 0 Å². The molecule has 0 aliphatic carbocycles. The molecule has 0 saturated heterocycles. The Morgan fingerprint density at radius 3 is 2.42 bits per heavy atom. The Balaban J connectivity index is 3.10. The molecular weight excluding hydrogens is 283 g/mol. The number of halogens is 3. The minimum atomic E-state index is -5.39. The van der Waals surface area contributed by atoms with E-state index in [1.54, 1.807) is 6.92 Å². The molecule has 1 unspecified atom stereocenters. The van der Waals surface area contributed by atoms with Gasteiger partial charge < -0.3 is 10.4 Å². The van der Waals surface area contributed by atoms with Crippen LogP contribution >= 0.6 is 0 Å². The molecule has 0 bridgehead atoms. The van der Waals surface area contributed by atoms with Gasteiger partial charge in [0.2, 0.25) is 0 Å². The molecule has 1 aromatic carbocycles. The minimum absolute atomic E-state index is 0.125. The van der Waals surface area contributed by atoms with Crippen LogP contribution in [0.25, 0.3) is 0 Å².